The lowest BCUT2D eigenvalue weighted by Crippen LogP contribution is -1.81. The number of halogens is 1. The first-order valence-electron chi connectivity index (χ1n) is 3.62. The van der Waals surface area contributed by atoms with E-state index in [1.807, 2.05) is 0 Å². The summed E-state index contributed by atoms with van der Waals surface area (Å²) in [4.78, 5) is 4.11. The van der Waals surface area contributed by atoms with Crippen LogP contribution in [0.5, 0.6) is 0 Å². The second-order valence-corrected chi connectivity index (χ2v) is 2.61. The van der Waals surface area contributed by atoms with Crippen LogP contribution < -0.4 is 0 Å². The van der Waals surface area contributed by atoms with Crippen LogP contribution in [0.2, 0.25) is 0 Å². The highest BCUT2D eigenvalue weighted by molar-refractivity contribution is 5.76. The van der Waals surface area contributed by atoms with E-state index in [9.17, 15) is 4.39 Å². The molecule has 0 atom stereocenters. The molecule has 0 aliphatic heterocycles. The Morgan fingerprint density at radius 1 is 1.33 bits per heavy atom. The standard InChI is InChI=1S/C10H6FN/c1-7-2-3-8-4-5-9(11)6-10(8)12-7/h4-6H,1H3. The summed E-state index contributed by atoms with van der Waals surface area (Å²) in [6, 6.07) is 10.2. The molecular weight excluding hydrogens is 153 g/mol. The minimum atomic E-state index is -0.269. The normalized spacial score (nSPS) is 9.83. The van der Waals surface area contributed by atoms with Gasteiger partial charge in [0.25, 0.3) is 0 Å². The molecular formula is C10H6FN. The summed E-state index contributed by atoms with van der Waals surface area (Å²) in [6.07, 6.45) is 0. The average Bonchev–Trinajstić information content (AvgIpc) is 2.03. The van der Waals surface area contributed by atoms with Crippen molar-refractivity contribution in [3.05, 3.63) is 41.8 Å². The van der Waals surface area contributed by atoms with E-state index in [0.717, 1.165) is 11.1 Å². The van der Waals surface area contributed by atoms with E-state index >= 15 is 0 Å². The van der Waals surface area contributed by atoms with Gasteiger partial charge in [0.2, 0.25) is 0 Å². The van der Waals surface area contributed by atoms with Gasteiger partial charge in [-0.25, -0.2) is 9.37 Å². The first-order valence-corrected chi connectivity index (χ1v) is 3.62. The lowest BCUT2D eigenvalue weighted by molar-refractivity contribution is 0.629. The lowest BCUT2D eigenvalue weighted by Gasteiger charge is -1.93. The third-order valence-electron chi connectivity index (χ3n) is 1.63. The number of fused-ring (bicyclic) bond motifs is 1. The van der Waals surface area contributed by atoms with Gasteiger partial charge < -0.3 is 0 Å². The first-order chi connectivity index (χ1) is 5.75. The fourth-order valence-electron chi connectivity index (χ4n) is 1.07. The van der Waals surface area contributed by atoms with Crippen molar-refractivity contribution in [2.45, 2.75) is 6.92 Å². The molecule has 0 N–H and O–H groups in total. The third-order valence-corrected chi connectivity index (χ3v) is 1.63. The van der Waals surface area contributed by atoms with Crippen LogP contribution in [0.15, 0.2) is 18.2 Å². The molecule has 1 aromatic heterocycles. The molecule has 0 saturated carbocycles. The Labute approximate surface area is 69.9 Å². The van der Waals surface area contributed by atoms with Crippen molar-refractivity contribution in [2.75, 3.05) is 0 Å². The summed E-state index contributed by atoms with van der Waals surface area (Å²) in [5, 5.41) is 0.794. The predicted octanol–water partition coefficient (Wildman–Crippen LogP) is 2.28. The molecule has 0 aliphatic carbocycles. The van der Waals surface area contributed by atoms with Crippen LogP contribution in [0, 0.1) is 24.9 Å². The van der Waals surface area contributed by atoms with E-state index in [1.165, 1.54) is 12.1 Å². The molecule has 2 rings (SSSR count). The molecule has 12 heavy (non-hydrogen) atoms. The van der Waals surface area contributed by atoms with Gasteiger partial charge in [-0.2, -0.15) is 0 Å². The van der Waals surface area contributed by atoms with E-state index in [-0.39, 0.29) is 5.82 Å². The number of nitrogens with zero attached hydrogens (tertiary/aromatic N) is 1. The third kappa shape index (κ3) is 1.10. The monoisotopic (exact) mass is 159 g/mol. The van der Waals surface area contributed by atoms with Crippen molar-refractivity contribution in [1.82, 2.24) is 4.98 Å². The summed E-state index contributed by atoms with van der Waals surface area (Å²) < 4.78 is 12.7. The van der Waals surface area contributed by atoms with Crippen molar-refractivity contribution >= 4 is 10.9 Å². The van der Waals surface area contributed by atoms with Gasteiger partial charge in [0.1, 0.15) is 5.82 Å². The Balaban J connectivity index is 2.80. The number of aromatic nitrogens is 1. The van der Waals surface area contributed by atoms with Crippen LogP contribution in [0.1, 0.15) is 5.69 Å². The van der Waals surface area contributed by atoms with E-state index in [2.05, 4.69) is 17.1 Å². The van der Waals surface area contributed by atoms with Crippen LogP contribution in [-0.2, 0) is 0 Å². The van der Waals surface area contributed by atoms with Crippen LogP contribution in [-0.4, -0.2) is 4.98 Å². The second-order valence-electron chi connectivity index (χ2n) is 2.61. The highest BCUT2D eigenvalue weighted by atomic mass is 19.1. The van der Waals surface area contributed by atoms with Gasteiger partial charge in [-0.15, -0.1) is 0 Å². The zero-order chi connectivity index (χ0) is 8.55. The lowest BCUT2D eigenvalue weighted by atomic mass is 10.2. The van der Waals surface area contributed by atoms with E-state index in [1.54, 1.807) is 13.0 Å². The number of rotatable bonds is 0. The van der Waals surface area contributed by atoms with Crippen LogP contribution in [0.25, 0.3) is 10.9 Å². The minimum absolute atomic E-state index is 0.269. The zero-order valence-corrected chi connectivity index (χ0v) is 6.56. The summed E-state index contributed by atoms with van der Waals surface area (Å²) in [6.45, 7) is 1.81. The molecule has 0 bridgehead atoms. The van der Waals surface area contributed by atoms with Crippen molar-refractivity contribution in [2.24, 2.45) is 0 Å². The van der Waals surface area contributed by atoms with E-state index in [0.29, 0.717) is 5.52 Å². The van der Waals surface area contributed by atoms with Crippen molar-refractivity contribution < 1.29 is 4.39 Å². The quantitative estimate of drug-likeness (QED) is 0.574. The van der Waals surface area contributed by atoms with Crippen LogP contribution >= 0.6 is 0 Å². The van der Waals surface area contributed by atoms with Gasteiger partial charge in [0.05, 0.1) is 16.6 Å². The molecule has 0 amide bonds. The first kappa shape index (κ1) is 7.05. The van der Waals surface area contributed by atoms with Gasteiger partial charge in [-0.05, 0) is 25.1 Å². The number of aryl methyl sites for hydroxylation is 1. The number of benzene rings is 1. The van der Waals surface area contributed by atoms with Crippen molar-refractivity contribution in [1.29, 1.82) is 0 Å². The molecule has 1 heterocycles. The summed E-state index contributed by atoms with van der Waals surface area (Å²) in [5.74, 6) is -0.269. The van der Waals surface area contributed by atoms with Crippen molar-refractivity contribution in [3.63, 3.8) is 0 Å². The van der Waals surface area contributed by atoms with Gasteiger partial charge in [-0.1, -0.05) is 6.07 Å². The molecule has 0 unspecified atom stereocenters. The van der Waals surface area contributed by atoms with Gasteiger partial charge in [-0.3, -0.25) is 0 Å². The SMILES string of the molecule is Cc1c#cc2ccc(F)cc2n1. The maximum atomic E-state index is 12.7. The highest BCUT2D eigenvalue weighted by Gasteiger charge is 1.95. The molecule has 0 aliphatic rings. The molecule has 1 aromatic carbocycles. The maximum absolute atomic E-state index is 12.7. The molecule has 1 nitrogen and oxygen atoms in total. The fraction of sp³-hybridized carbons (Fsp3) is 0.100. The zero-order valence-electron chi connectivity index (χ0n) is 6.56. The molecule has 0 spiro atoms. The van der Waals surface area contributed by atoms with E-state index in [4.69, 9.17) is 0 Å². The fourth-order valence-corrected chi connectivity index (χ4v) is 1.07. The second kappa shape index (κ2) is 2.46. The Hall–Kier alpha value is -1.62. The van der Waals surface area contributed by atoms with Gasteiger partial charge in [0.15, 0.2) is 0 Å². The van der Waals surface area contributed by atoms with Crippen LogP contribution in [0.3, 0.4) is 0 Å². The summed E-state index contributed by atoms with van der Waals surface area (Å²) >= 11 is 0. The maximum Gasteiger partial charge on any atom is 0.125 e. The smallest absolute Gasteiger partial charge is 0.125 e. The highest BCUT2D eigenvalue weighted by Crippen LogP contribution is 2.10. The predicted molar refractivity (Wildman–Crippen MR) is 44.1 cm³/mol. The van der Waals surface area contributed by atoms with E-state index < -0.39 is 0 Å². The molecule has 2 heteroatoms. The molecule has 58 valence electrons. The minimum Gasteiger partial charge on any atom is -0.243 e. The molecule has 0 radical (unpaired) electrons. The van der Waals surface area contributed by atoms with Gasteiger partial charge in [0, 0.05) is 6.07 Å². The van der Waals surface area contributed by atoms with Gasteiger partial charge >= 0.3 is 0 Å². The van der Waals surface area contributed by atoms with Crippen LogP contribution in [0.4, 0.5) is 4.39 Å². The summed E-state index contributed by atoms with van der Waals surface area (Å²) in [7, 11) is 0. The molecule has 0 saturated heterocycles. The number of hydrogen-bond donors (Lipinski definition) is 0. The molecule has 0 fully saturated rings. The Morgan fingerprint density at radius 2 is 2.17 bits per heavy atom. The number of hydrogen-bond acceptors (Lipinski definition) is 1. The Morgan fingerprint density at radius 3 is 3.00 bits per heavy atom. The molecule has 2 aromatic rings. The summed E-state index contributed by atoms with van der Waals surface area (Å²) in [5.41, 5.74) is 1.36. The topological polar surface area (TPSA) is 12.9 Å². The Kier molecular flexibility index (Phi) is 1.44. The largest absolute Gasteiger partial charge is 0.243 e. The average molecular weight is 159 g/mol. The Bertz CT molecular complexity index is 386. The van der Waals surface area contributed by atoms with Crippen molar-refractivity contribution in [3.8, 4) is 0 Å².